The second kappa shape index (κ2) is 8.25. The molecule has 6 heteroatoms. The molecule has 29 heavy (non-hydrogen) atoms. The van der Waals surface area contributed by atoms with E-state index in [9.17, 15) is 4.79 Å². The Hall–Kier alpha value is -2.86. The molecule has 1 aliphatic rings. The van der Waals surface area contributed by atoms with Gasteiger partial charge in [-0.1, -0.05) is 25.0 Å². The first kappa shape index (κ1) is 19.5. The van der Waals surface area contributed by atoms with E-state index in [-0.39, 0.29) is 5.91 Å². The molecule has 2 aromatic carbocycles. The SMILES string of the molecule is CCNC(=O)C1(NCc2nc3ccccc3n2-c2ccc(OC)cc2)CCCC1. The standard InChI is InChI=1S/C23H28N4O2/c1-3-24-22(28)23(14-6-7-15-23)25-16-21-26-19-8-4-5-9-20(19)27(21)17-10-12-18(29-2)13-11-17/h4-5,8-13,25H,3,6-7,14-16H2,1-2H3,(H,24,28). The average Bonchev–Trinajstić information content (AvgIpc) is 3.38. The lowest BCUT2D eigenvalue weighted by molar-refractivity contribution is -0.127. The van der Waals surface area contributed by atoms with Gasteiger partial charge in [-0.2, -0.15) is 0 Å². The molecule has 0 radical (unpaired) electrons. The van der Waals surface area contributed by atoms with Crippen molar-refractivity contribution < 1.29 is 9.53 Å². The van der Waals surface area contributed by atoms with Gasteiger partial charge >= 0.3 is 0 Å². The van der Waals surface area contributed by atoms with E-state index in [0.29, 0.717) is 13.1 Å². The van der Waals surface area contributed by atoms with Crippen molar-refractivity contribution in [2.24, 2.45) is 0 Å². The number of hydrogen-bond acceptors (Lipinski definition) is 4. The quantitative estimate of drug-likeness (QED) is 0.645. The Morgan fingerprint density at radius 3 is 2.55 bits per heavy atom. The van der Waals surface area contributed by atoms with E-state index in [4.69, 9.17) is 9.72 Å². The Morgan fingerprint density at radius 1 is 1.14 bits per heavy atom. The van der Waals surface area contributed by atoms with Gasteiger partial charge in [0.2, 0.25) is 5.91 Å². The van der Waals surface area contributed by atoms with E-state index in [0.717, 1.165) is 54.0 Å². The number of imidazole rings is 1. The number of benzene rings is 2. The molecule has 1 aromatic heterocycles. The molecule has 1 heterocycles. The second-order valence-corrected chi connectivity index (χ2v) is 7.55. The molecule has 4 rings (SSSR count). The average molecular weight is 393 g/mol. The number of amides is 1. The van der Waals surface area contributed by atoms with Crippen LogP contribution in [0.25, 0.3) is 16.7 Å². The Kier molecular flexibility index (Phi) is 5.53. The molecule has 1 amide bonds. The molecule has 1 fully saturated rings. The molecule has 2 N–H and O–H groups in total. The van der Waals surface area contributed by atoms with Crippen LogP contribution in [0, 0.1) is 0 Å². The highest BCUT2D eigenvalue weighted by molar-refractivity contribution is 5.86. The van der Waals surface area contributed by atoms with Gasteiger partial charge < -0.3 is 10.1 Å². The van der Waals surface area contributed by atoms with E-state index in [1.54, 1.807) is 7.11 Å². The van der Waals surface area contributed by atoms with E-state index in [1.165, 1.54) is 0 Å². The number of carbonyl (C=O) groups excluding carboxylic acids is 1. The molecular formula is C23H28N4O2. The van der Waals surface area contributed by atoms with Crippen molar-refractivity contribution in [2.75, 3.05) is 13.7 Å². The lowest BCUT2D eigenvalue weighted by Crippen LogP contribution is -2.55. The lowest BCUT2D eigenvalue weighted by Gasteiger charge is -2.29. The van der Waals surface area contributed by atoms with Gasteiger partial charge in [0.15, 0.2) is 0 Å². The molecule has 0 unspecified atom stereocenters. The summed E-state index contributed by atoms with van der Waals surface area (Å²) in [6, 6.07) is 16.1. The zero-order valence-corrected chi connectivity index (χ0v) is 17.1. The summed E-state index contributed by atoms with van der Waals surface area (Å²) in [5.74, 6) is 1.82. The Balaban J connectivity index is 1.69. The van der Waals surface area contributed by atoms with Gasteiger partial charge in [0.05, 0.1) is 30.2 Å². The third kappa shape index (κ3) is 3.72. The molecule has 0 atom stereocenters. The first-order valence-corrected chi connectivity index (χ1v) is 10.3. The van der Waals surface area contributed by atoms with Gasteiger partial charge in [-0.25, -0.2) is 4.98 Å². The highest BCUT2D eigenvalue weighted by Gasteiger charge is 2.40. The number of nitrogens with zero attached hydrogens (tertiary/aromatic N) is 2. The molecule has 0 saturated heterocycles. The van der Waals surface area contributed by atoms with Crippen molar-refractivity contribution >= 4 is 16.9 Å². The number of ether oxygens (including phenoxy) is 1. The molecule has 1 saturated carbocycles. The summed E-state index contributed by atoms with van der Waals surface area (Å²) < 4.78 is 7.46. The zero-order chi connectivity index (χ0) is 20.3. The van der Waals surface area contributed by atoms with E-state index < -0.39 is 5.54 Å². The Morgan fingerprint density at radius 2 is 1.86 bits per heavy atom. The summed E-state index contributed by atoms with van der Waals surface area (Å²) in [6.07, 6.45) is 3.86. The van der Waals surface area contributed by atoms with Crippen LogP contribution in [0.4, 0.5) is 0 Å². The number of nitrogens with one attached hydrogen (secondary N) is 2. The summed E-state index contributed by atoms with van der Waals surface area (Å²) in [5.41, 5.74) is 2.51. The zero-order valence-electron chi connectivity index (χ0n) is 17.1. The van der Waals surface area contributed by atoms with Crippen LogP contribution in [0.3, 0.4) is 0 Å². The number of hydrogen-bond donors (Lipinski definition) is 2. The number of carbonyl (C=O) groups is 1. The van der Waals surface area contributed by atoms with Crippen molar-refractivity contribution in [3.63, 3.8) is 0 Å². The maximum Gasteiger partial charge on any atom is 0.240 e. The number of aromatic nitrogens is 2. The summed E-state index contributed by atoms with van der Waals surface area (Å²) in [4.78, 5) is 17.6. The van der Waals surface area contributed by atoms with E-state index in [1.807, 2.05) is 49.4 Å². The van der Waals surface area contributed by atoms with Crippen LogP contribution in [-0.4, -0.2) is 34.7 Å². The smallest absolute Gasteiger partial charge is 0.240 e. The number of rotatable bonds is 7. The fraction of sp³-hybridized carbons (Fsp3) is 0.391. The van der Waals surface area contributed by atoms with Crippen molar-refractivity contribution in [3.05, 3.63) is 54.4 Å². The molecule has 0 bridgehead atoms. The predicted octanol–water partition coefficient (Wildman–Crippen LogP) is 3.57. The van der Waals surface area contributed by atoms with Gasteiger partial charge in [-0.15, -0.1) is 0 Å². The third-order valence-electron chi connectivity index (χ3n) is 5.77. The molecule has 6 nitrogen and oxygen atoms in total. The molecular weight excluding hydrogens is 364 g/mol. The Labute approximate surface area is 171 Å². The van der Waals surface area contributed by atoms with Crippen LogP contribution in [0.2, 0.25) is 0 Å². The highest BCUT2D eigenvalue weighted by atomic mass is 16.5. The van der Waals surface area contributed by atoms with Crippen LogP contribution in [0.1, 0.15) is 38.4 Å². The fourth-order valence-corrected chi connectivity index (χ4v) is 4.25. The van der Waals surface area contributed by atoms with Crippen molar-refractivity contribution in [2.45, 2.75) is 44.7 Å². The highest BCUT2D eigenvalue weighted by Crippen LogP contribution is 2.31. The minimum atomic E-state index is -0.501. The van der Waals surface area contributed by atoms with E-state index in [2.05, 4.69) is 21.3 Å². The number of methoxy groups -OCH3 is 1. The van der Waals surface area contributed by atoms with Crippen LogP contribution >= 0.6 is 0 Å². The van der Waals surface area contributed by atoms with Crippen LogP contribution in [0.15, 0.2) is 48.5 Å². The predicted molar refractivity (Wildman–Crippen MR) is 114 cm³/mol. The summed E-state index contributed by atoms with van der Waals surface area (Å²) in [6.45, 7) is 3.13. The molecule has 0 aliphatic heterocycles. The summed E-state index contributed by atoms with van der Waals surface area (Å²) in [7, 11) is 1.67. The monoisotopic (exact) mass is 392 g/mol. The van der Waals surface area contributed by atoms with Gasteiger partial charge in [-0.05, 0) is 56.2 Å². The topological polar surface area (TPSA) is 68.2 Å². The Bertz CT molecular complexity index is 988. The lowest BCUT2D eigenvalue weighted by atomic mass is 9.96. The largest absolute Gasteiger partial charge is 0.497 e. The minimum absolute atomic E-state index is 0.101. The molecule has 1 aliphatic carbocycles. The van der Waals surface area contributed by atoms with Crippen LogP contribution in [-0.2, 0) is 11.3 Å². The van der Waals surface area contributed by atoms with Gasteiger partial charge in [0.25, 0.3) is 0 Å². The van der Waals surface area contributed by atoms with E-state index >= 15 is 0 Å². The summed E-state index contributed by atoms with van der Waals surface area (Å²) in [5, 5.41) is 6.58. The molecule has 0 spiro atoms. The first-order valence-electron chi connectivity index (χ1n) is 10.3. The second-order valence-electron chi connectivity index (χ2n) is 7.55. The van der Waals surface area contributed by atoms with Crippen molar-refractivity contribution in [3.8, 4) is 11.4 Å². The van der Waals surface area contributed by atoms with Crippen LogP contribution < -0.4 is 15.4 Å². The maximum atomic E-state index is 12.8. The number of likely N-dealkylation sites (N-methyl/N-ethyl adjacent to an activating group) is 1. The third-order valence-corrected chi connectivity index (χ3v) is 5.77. The van der Waals surface area contributed by atoms with Gasteiger partial charge in [-0.3, -0.25) is 14.7 Å². The summed E-state index contributed by atoms with van der Waals surface area (Å²) >= 11 is 0. The number of para-hydroxylation sites is 2. The van der Waals surface area contributed by atoms with Crippen molar-refractivity contribution in [1.82, 2.24) is 20.2 Å². The number of fused-ring (bicyclic) bond motifs is 1. The maximum absolute atomic E-state index is 12.8. The van der Waals surface area contributed by atoms with Crippen LogP contribution in [0.5, 0.6) is 5.75 Å². The normalized spacial score (nSPS) is 15.5. The molecule has 3 aromatic rings. The molecule has 152 valence electrons. The minimum Gasteiger partial charge on any atom is -0.497 e. The van der Waals surface area contributed by atoms with Gasteiger partial charge in [0.1, 0.15) is 11.6 Å². The first-order chi connectivity index (χ1) is 14.2. The van der Waals surface area contributed by atoms with Crippen molar-refractivity contribution in [1.29, 1.82) is 0 Å². The fourth-order valence-electron chi connectivity index (χ4n) is 4.25. The van der Waals surface area contributed by atoms with Gasteiger partial charge in [0, 0.05) is 12.2 Å².